The van der Waals surface area contributed by atoms with E-state index in [-0.39, 0.29) is 23.0 Å². The smallest absolute Gasteiger partial charge is 0.267 e. The van der Waals surface area contributed by atoms with Gasteiger partial charge in [-0.15, -0.1) is 0 Å². The number of nitrogens with one attached hydrogen (secondary N) is 1. The number of benzene rings is 1. The molecule has 6 rings (SSSR count). The van der Waals surface area contributed by atoms with Gasteiger partial charge >= 0.3 is 0 Å². The van der Waals surface area contributed by atoms with Gasteiger partial charge in [-0.1, -0.05) is 49.2 Å². The fourth-order valence-corrected chi connectivity index (χ4v) is 5.99. The maximum absolute atomic E-state index is 13.7. The molecule has 1 aliphatic carbocycles. The van der Waals surface area contributed by atoms with Crippen molar-refractivity contribution >= 4 is 22.6 Å². The van der Waals surface area contributed by atoms with Crippen LogP contribution in [0.2, 0.25) is 0 Å². The molecule has 1 aliphatic heterocycles. The van der Waals surface area contributed by atoms with Crippen molar-refractivity contribution in [2.45, 2.75) is 51.0 Å². The van der Waals surface area contributed by atoms with Crippen LogP contribution < -0.4 is 11.0 Å². The number of hydrogen-bond donors (Lipinski definition) is 1. The highest BCUT2D eigenvalue weighted by Gasteiger charge is 2.28. The third-order valence-electron chi connectivity index (χ3n) is 7.95. The lowest BCUT2D eigenvalue weighted by molar-refractivity contribution is 0.0687. The SMILES string of the molecule is N=c1c(C(=O)N2CCC(Cc3ccccc3)CC2)cc2c(=O)n3ccccc3nc2n1C1CCCC1. The molecule has 1 amide bonds. The van der Waals surface area contributed by atoms with E-state index >= 15 is 0 Å². The van der Waals surface area contributed by atoms with E-state index in [9.17, 15) is 9.59 Å². The first-order valence-corrected chi connectivity index (χ1v) is 13.0. The molecule has 1 saturated heterocycles. The second kappa shape index (κ2) is 9.37. The second-order valence-electron chi connectivity index (χ2n) is 10.2. The van der Waals surface area contributed by atoms with Crippen molar-refractivity contribution in [3.05, 3.63) is 87.8 Å². The summed E-state index contributed by atoms with van der Waals surface area (Å²) >= 11 is 0. The Morgan fingerprint density at radius 2 is 1.69 bits per heavy atom. The van der Waals surface area contributed by atoms with Crippen LogP contribution in [0.25, 0.3) is 16.7 Å². The summed E-state index contributed by atoms with van der Waals surface area (Å²) in [5.74, 6) is 0.400. The number of amides is 1. The summed E-state index contributed by atoms with van der Waals surface area (Å²) in [5.41, 5.74) is 2.70. The molecule has 0 unspecified atom stereocenters. The Labute approximate surface area is 209 Å². The van der Waals surface area contributed by atoms with Gasteiger partial charge in [0.05, 0.1) is 10.9 Å². The molecule has 0 atom stereocenters. The predicted molar refractivity (Wildman–Crippen MR) is 139 cm³/mol. The summed E-state index contributed by atoms with van der Waals surface area (Å²) < 4.78 is 3.39. The standard InChI is InChI=1S/C29H31N5O2/c30-26-23(28(35)32-16-13-21(14-17-32)18-20-8-2-1-3-9-20)19-24-27(34(26)22-10-4-5-11-22)31-25-12-6-7-15-33(25)29(24)36/h1-3,6-9,12,15,19,21-22,30H,4-5,10-11,13-14,16-18H2. The number of rotatable bonds is 4. The fourth-order valence-electron chi connectivity index (χ4n) is 5.99. The van der Waals surface area contributed by atoms with Gasteiger partial charge < -0.3 is 9.47 Å². The maximum atomic E-state index is 13.7. The minimum absolute atomic E-state index is 0.0856. The summed E-state index contributed by atoms with van der Waals surface area (Å²) in [6.45, 7) is 1.35. The van der Waals surface area contributed by atoms with Gasteiger partial charge in [-0.05, 0) is 61.8 Å². The molecule has 1 N–H and O–H groups in total. The van der Waals surface area contributed by atoms with Gasteiger partial charge in [-0.2, -0.15) is 0 Å². The third kappa shape index (κ3) is 4.02. The lowest BCUT2D eigenvalue weighted by Gasteiger charge is -2.32. The van der Waals surface area contributed by atoms with E-state index in [1.54, 1.807) is 18.3 Å². The van der Waals surface area contributed by atoms with Crippen molar-refractivity contribution in [3.63, 3.8) is 0 Å². The number of likely N-dealkylation sites (tertiary alicyclic amines) is 1. The van der Waals surface area contributed by atoms with E-state index in [4.69, 9.17) is 10.4 Å². The summed E-state index contributed by atoms with van der Waals surface area (Å²) in [5, 5.41) is 9.48. The zero-order valence-electron chi connectivity index (χ0n) is 20.4. The molecule has 2 aliphatic rings. The molecule has 36 heavy (non-hydrogen) atoms. The first-order valence-electron chi connectivity index (χ1n) is 13.0. The Morgan fingerprint density at radius 3 is 2.44 bits per heavy atom. The normalized spacial score (nSPS) is 17.3. The monoisotopic (exact) mass is 481 g/mol. The van der Waals surface area contributed by atoms with Crippen LogP contribution in [-0.2, 0) is 6.42 Å². The Bertz CT molecular complexity index is 1540. The fraction of sp³-hybridized carbons (Fsp3) is 0.379. The minimum atomic E-state index is -0.196. The van der Waals surface area contributed by atoms with Gasteiger partial charge in [-0.25, -0.2) is 4.98 Å². The molecule has 7 heteroatoms. The molecule has 7 nitrogen and oxygen atoms in total. The van der Waals surface area contributed by atoms with Gasteiger partial charge in [0.15, 0.2) is 0 Å². The molecule has 1 saturated carbocycles. The Balaban J connectivity index is 1.36. The molecule has 4 aromatic rings. The first kappa shape index (κ1) is 22.7. The van der Waals surface area contributed by atoms with Crippen LogP contribution in [0.15, 0.2) is 65.6 Å². The van der Waals surface area contributed by atoms with Crippen molar-refractivity contribution in [2.75, 3.05) is 13.1 Å². The lowest BCUT2D eigenvalue weighted by Crippen LogP contribution is -2.42. The summed E-state index contributed by atoms with van der Waals surface area (Å²) in [6.07, 6.45) is 8.65. The van der Waals surface area contributed by atoms with Crippen molar-refractivity contribution < 1.29 is 4.79 Å². The molecule has 1 aromatic carbocycles. The van der Waals surface area contributed by atoms with E-state index in [0.717, 1.165) is 44.9 Å². The van der Waals surface area contributed by atoms with E-state index in [1.807, 2.05) is 27.7 Å². The summed E-state index contributed by atoms with van der Waals surface area (Å²) in [6, 6.07) is 17.7. The quantitative estimate of drug-likeness (QED) is 0.440. The van der Waals surface area contributed by atoms with E-state index in [0.29, 0.717) is 41.3 Å². The molecule has 0 radical (unpaired) electrons. The highest BCUT2D eigenvalue weighted by atomic mass is 16.2. The summed E-state index contributed by atoms with van der Waals surface area (Å²) in [7, 11) is 0. The molecule has 3 aromatic heterocycles. The lowest BCUT2D eigenvalue weighted by atomic mass is 9.90. The number of carbonyl (C=O) groups excluding carboxylic acids is 1. The number of fused-ring (bicyclic) bond motifs is 2. The van der Waals surface area contributed by atoms with Crippen LogP contribution in [0.1, 0.15) is 60.5 Å². The molecular weight excluding hydrogens is 450 g/mol. The predicted octanol–water partition coefficient (Wildman–Crippen LogP) is 4.34. The third-order valence-corrected chi connectivity index (χ3v) is 7.95. The topological polar surface area (TPSA) is 83.5 Å². The van der Waals surface area contributed by atoms with E-state index in [1.165, 1.54) is 9.96 Å². The number of nitrogens with zero attached hydrogens (tertiary/aromatic N) is 4. The van der Waals surface area contributed by atoms with Crippen LogP contribution in [0.4, 0.5) is 0 Å². The highest BCUT2D eigenvalue weighted by molar-refractivity contribution is 5.97. The van der Waals surface area contributed by atoms with Crippen molar-refractivity contribution in [1.82, 2.24) is 18.9 Å². The van der Waals surface area contributed by atoms with Gasteiger partial charge in [-0.3, -0.25) is 19.4 Å². The van der Waals surface area contributed by atoms with E-state index < -0.39 is 0 Å². The number of pyridine rings is 2. The highest BCUT2D eigenvalue weighted by Crippen LogP contribution is 2.30. The van der Waals surface area contributed by atoms with Crippen LogP contribution >= 0.6 is 0 Å². The Kier molecular flexibility index (Phi) is 5.91. The largest absolute Gasteiger partial charge is 0.339 e. The number of aromatic nitrogens is 3. The van der Waals surface area contributed by atoms with Gasteiger partial charge in [0, 0.05) is 25.3 Å². The zero-order chi connectivity index (χ0) is 24.6. The maximum Gasteiger partial charge on any atom is 0.267 e. The molecule has 4 heterocycles. The van der Waals surface area contributed by atoms with Gasteiger partial charge in [0.2, 0.25) is 0 Å². The van der Waals surface area contributed by atoms with Crippen molar-refractivity contribution in [1.29, 1.82) is 5.41 Å². The van der Waals surface area contributed by atoms with Gasteiger partial charge in [0.1, 0.15) is 16.8 Å². The molecule has 2 fully saturated rings. The number of hydrogen-bond acceptors (Lipinski definition) is 4. The van der Waals surface area contributed by atoms with Crippen LogP contribution in [0.3, 0.4) is 0 Å². The molecule has 0 bridgehead atoms. The zero-order valence-corrected chi connectivity index (χ0v) is 20.4. The Morgan fingerprint density at radius 1 is 0.972 bits per heavy atom. The molecule has 184 valence electrons. The van der Waals surface area contributed by atoms with E-state index in [2.05, 4.69) is 24.3 Å². The Hall–Kier alpha value is -3.74. The van der Waals surface area contributed by atoms with Crippen LogP contribution in [0, 0.1) is 11.3 Å². The van der Waals surface area contributed by atoms with Crippen molar-refractivity contribution in [3.8, 4) is 0 Å². The average molecular weight is 482 g/mol. The average Bonchev–Trinajstić information content (AvgIpc) is 3.44. The van der Waals surface area contributed by atoms with Crippen molar-refractivity contribution in [2.24, 2.45) is 5.92 Å². The molecule has 0 spiro atoms. The summed E-state index contributed by atoms with van der Waals surface area (Å²) in [4.78, 5) is 33.8. The first-order chi connectivity index (χ1) is 17.6. The van der Waals surface area contributed by atoms with Crippen LogP contribution in [0.5, 0.6) is 0 Å². The second-order valence-corrected chi connectivity index (χ2v) is 10.2. The number of carbonyl (C=O) groups is 1. The number of piperidine rings is 1. The van der Waals surface area contributed by atoms with Crippen LogP contribution in [-0.4, -0.2) is 37.8 Å². The molecular formula is C29H31N5O2. The minimum Gasteiger partial charge on any atom is -0.339 e. The van der Waals surface area contributed by atoms with Gasteiger partial charge in [0.25, 0.3) is 11.5 Å².